The summed E-state index contributed by atoms with van der Waals surface area (Å²) in [6, 6.07) is 3.28. The van der Waals surface area contributed by atoms with Gasteiger partial charge in [0, 0.05) is 6.42 Å². The lowest BCUT2D eigenvalue weighted by atomic mass is 9.80. The molecule has 168 valence electrons. The van der Waals surface area contributed by atoms with Crippen LogP contribution < -0.4 is 16.5 Å². The van der Waals surface area contributed by atoms with Gasteiger partial charge in [0.1, 0.15) is 6.04 Å². The number of benzene rings is 1. The molecule has 0 aliphatic rings. The molecule has 1 aromatic carbocycles. The number of halogens is 3. The highest BCUT2D eigenvalue weighted by molar-refractivity contribution is 5.90. The number of nitrogens with one attached hydrogen (secondary N) is 2. The van der Waals surface area contributed by atoms with Gasteiger partial charge in [-0.05, 0) is 35.4 Å². The van der Waals surface area contributed by atoms with Crippen molar-refractivity contribution in [2.45, 2.75) is 58.7 Å². The molecule has 0 fully saturated rings. The summed E-state index contributed by atoms with van der Waals surface area (Å²) in [6.45, 7) is 6.82. The predicted octanol–water partition coefficient (Wildman–Crippen LogP) is 2.73. The summed E-state index contributed by atoms with van der Waals surface area (Å²) in [6.07, 6.45) is -4.62. The Morgan fingerprint density at radius 3 is 2.00 bits per heavy atom. The van der Waals surface area contributed by atoms with Gasteiger partial charge in [0.15, 0.2) is 0 Å². The van der Waals surface area contributed by atoms with E-state index < -0.39 is 59.2 Å². The molecule has 3 atom stereocenters. The number of rotatable bonds is 8. The number of hydroxylamine groups is 1. The monoisotopic (exact) mass is 431 g/mol. The number of carbonyl (C=O) groups is 3. The van der Waals surface area contributed by atoms with Crippen molar-refractivity contribution in [2.24, 2.45) is 17.1 Å². The van der Waals surface area contributed by atoms with E-state index in [1.54, 1.807) is 27.7 Å². The largest absolute Gasteiger partial charge is 0.416 e. The standard InChI is InChI=1S/C20H28F3N3O4/c1-5-13(11-6-8-12(9-7-11)20(21,22)23)14(10-15(27)26-30)18(29)25-16(17(24)28)19(2,3)4/h6-9,13-14,16,30H,5,10H2,1-4H3,(H2,24,28)(H,25,29)(H,26,27)/t13-,14?,16?/m0/s1. The SMILES string of the molecule is CC[C@@H](c1ccc(C(F)(F)F)cc1)C(CC(=O)NO)C(=O)NC(C(N)=O)C(C)(C)C. The van der Waals surface area contributed by atoms with Gasteiger partial charge in [-0.2, -0.15) is 13.2 Å². The van der Waals surface area contributed by atoms with Gasteiger partial charge >= 0.3 is 6.18 Å². The summed E-state index contributed by atoms with van der Waals surface area (Å²) in [5.74, 6) is -3.96. The molecular weight excluding hydrogens is 403 g/mol. The van der Waals surface area contributed by atoms with Crippen LogP contribution >= 0.6 is 0 Å². The number of alkyl halides is 3. The fourth-order valence-corrected chi connectivity index (χ4v) is 3.30. The summed E-state index contributed by atoms with van der Waals surface area (Å²) >= 11 is 0. The van der Waals surface area contributed by atoms with Gasteiger partial charge in [-0.15, -0.1) is 0 Å². The van der Waals surface area contributed by atoms with Crippen LogP contribution in [0.2, 0.25) is 0 Å². The molecule has 1 aromatic rings. The zero-order valence-corrected chi connectivity index (χ0v) is 17.3. The number of primary amides is 1. The number of hydrogen-bond donors (Lipinski definition) is 4. The van der Waals surface area contributed by atoms with Crippen molar-refractivity contribution >= 4 is 17.7 Å². The van der Waals surface area contributed by atoms with Crippen LogP contribution in [0.3, 0.4) is 0 Å². The van der Waals surface area contributed by atoms with E-state index in [0.717, 1.165) is 12.1 Å². The van der Waals surface area contributed by atoms with E-state index in [0.29, 0.717) is 12.0 Å². The molecular formula is C20H28F3N3O4. The van der Waals surface area contributed by atoms with Crippen molar-refractivity contribution in [3.05, 3.63) is 35.4 Å². The fraction of sp³-hybridized carbons (Fsp3) is 0.550. The van der Waals surface area contributed by atoms with Crippen molar-refractivity contribution in [1.82, 2.24) is 10.8 Å². The zero-order chi connectivity index (χ0) is 23.3. The Labute approximate surface area is 173 Å². The van der Waals surface area contributed by atoms with Gasteiger partial charge in [0.25, 0.3) is 0 Å². The predicted molar refractivity (Wildman–Crippen MR) is 103 cm³/mol. The maximum absolute atomic E-state index is 13.0. The van der Waals surface area contributed by atoms with Crippen LogP contribution in [0, 0.1) is 11.3 Å². The van der Waals surface area contributed by atoms with Crippen molar-refractivity contribution in [3.8, 4) is 0 Å². The minimum atomic E-state index is -4.50. The molecule has 0 saturated carbocycles. The molecule has 7 nitrogen and oxygen atoms in total. The molecule has 0 aromatic heterocycles. The Balaban J connectivity index is 3.28. The van der Waals surface area contributed by atoms with Crippen molar-refractivity contribution < 1.29 is 32.8 Å². The van der Waals surface area contributed by atoms with Crippen LogP contribution in [-0.4, -0.2) is 29.0 Å². The van der Waals surface area contributed by atoms with Crippen LogP contribution in [0.1, 0.15) is 57.6 Å². The van der Waals surface area contributed by atoms with Crippen molar-refractivity contribution in [2.75, 3.05) is 0 Å². The lowest BCUT2D eigenvalue weighted by Gasteiger charge is -2.32. The zero-order valence-electron chi connectivity index (χ0n) is 17.3. The van der Waals surface area contributed by atoms with E-state index in [1.165, 1.54) is 17.6 Å². The highest BCUT2D eigenvalue weighted by Gasteiger charge is 2.37. The third-order valence-electron chi connectivity index (χ3n) is 4.90. The number of carbonyl (C=O) groups excluding carboxylic acids is 3. The molecule has 5 N–H and O–H groups in total. The van der Waals surface area contributed by atoms with Crippen LogP contribution in [0.5, 0.6) is 0 Å². The lowest BCUT2D eigenvalue weighted by molar-refractivity contribution is -0.137. The second-order valence-corrected chi connectivity index (χ2v) is 8.19. The van der Waals surface area contributed by atoms with Gasteiger partial charge in [-0.1, -0.05) is 39.8 Å². The average Bonchev–Trinajstić information content (AvgIpc) is 2.63. The Hall–Kier alpha value is -2.62. The Kier molecular flexibility index (Phi) is 8.41. The first-order valence-electron chi connectivity index (χ1n) is 9.42. The Morgan fingerprint density at radius 1 is 1.10 bits per heavy atom. The third-order valence-corrected chi connectivity index (χ3v) is 4.90. The number of hydrogen-bond acceptors (Lipinski definition) is 4. The first kappa shape index (κ1) is 25.4. The Bertz CT molecular complexity index is 758. The second kappa shape index (κ2) is 9.92. The van der Waals surface area contributed by atoms with E-state index in [2.05, 4.69) is 5.32 Å². The molecule has 2 unspecified atom stereocenters. The number of nitrogens with two attached hydrogens (primary N) is 1. The molecule has 3 amide bonds. The number of amides is 3. The topological polar surface area (TPSA) is 122 Å². The summed E-state index contributed by atoms with van der Waals surface area (Å²) in [5, 5.41) is 11.4. The summed E-state index contributed by atoms with van der Waals surface area (Å²) < 4.78 is 38.5. The van der Waals surface area contributed by atoms with E-state index in [1.807, 2.05) is 0 Å². The van der Waals surface area contributed by atoms with E-state index in [4.69, 9.17) is 10.9 Å². The highest BCUT2D eigenvalue weighted by atomic mass is 19.4. The molecule has 0 heterocycles. The van der Waals surface area contributed by atoms with Crippen LogP contribution in [0.25, 0.3) is 0 Å². The van der Waals surface area contributed by atoms with Gasteiger partial charge in [-0.3, -0.25) is 19.6 Å². The normalized spacial score (nSPS) is 15.1. The average molecular weight is 431 g/mol. The minimum Gasteiger partial charge on any atom is -0.368 e. The lowest BCUT2D eigenvalue weighted by Crippen LogP contribution is -2.54. The van der Waals surface area contributed by atoms with Gasteiger partial charge in [0.05, 0.1) is 11.5 Å². The maximum Gasteiger partial charge on any atom is 0.416 e. The van der Waals surface area contributed by atoms with Crippen LogP contribution in [-0.2, 0) is 20.6 Å². The molecule has 0 spiro atoms. The van der Waals surface area contributed by atoms with E-state index in [9.17, 15) is 27.6 Å². The molecule has 0 aliphatic carbocycles. The summed E-state index contributed by atoms with van der Waals surface area (Å²) in [7, 11) is 0. The molecule has 30 heavy (non-hydrogen) atoms. The minimum absolute atomic E-state index is 0.318. The van der Waals surface area contributed by atoms with Gasteiger partial charge < -0.3 is 11.1 Å². The first-order chi connectivity index (χ1) is 13.7. The quantitative estimate of drug-likeness (QED) is 0.373. The van der Waals surface area contributed by atoms with E-state index >= 15 is 0 Å². The molecule has 10 heteroatoms. The smallest absolute Gasteiger partial charge is 0.368 e. The van der Waals surface area contributed by atoms with Crippen LogP contribution in [0.15, 0.2) is 24.3 Å². The molecule has 1 rings (SSSR count). The van der Waals surface area contributed by atoms with Crippen molar-refractivity contribution in [1.29, 1.82) is 0 Å². The first-order valence-corrected chi connectivity index (χ1v) is 9.42. The summed E-state index contributed by atoms with van der Waals surface area (Å²) in [5.41, 5.74) is 5.73. The second-order valence-electron chi connectivity index (χ2n) is 8.19. The molecule has 0 aliphatic heterocycles. The molecule has 0 bridgehead atoms. The fourth-order valence-electron chi connectivity index (χ4n) is 3.30. The van der Waals surface area contributed by atoms with Crippen molar-refractivity contribution in [3.63, 3.8) is 0 Å². The van der Waals surface area contributed by atoms with Gasteiger partial charge in [0.2, 0.25) is 17.7 Å². The molecule has 0 radical (unpaired) electrons. The Morgan fingerprint density at radius 2 is 1.63 bits per heavy atom. The maximum atomic E-state index is 13.0. The van der Waals surface area contributed by atoms with Crippen LogP contribution in [0.4, 0.5) is 13.2 Å². The third kappa shape index (κ3) is 6.72. The highest BCUT2D eigenvalue weighted by Crippen LogP contribution is 2.34. The molecule has 0 saturated heterocycles. The summed E-state index contributed by atoms with van der Waals surface area (Å²) in [4.78, 5) is 36.6. The van der Waals surface area contributed by atoms with E-state index in [-0.39, 0.29) is 0 Å². The van der Waals surface area contributed by atoms with Gasteiger partial charge in [-0.25, -0.2) is 5.48 Å².